The van der Waals surface area contributed by atoms with Crippen LogP contribution in [0.2, 0.25) is 0 Å². The van der Waals surface area contributed by atoms with Gasteiger partial charge in [-0.2, -0.15) is 0 Å². The van der Waals surface area contributed by atoms with Gasteiger partial charge in [-0.05, 0) is 26.8 Å². The number of likely N-dealkylation sites (tertiary alicyclic amines) is 1. The molecule has 23 heavy (non-hydrogen) atoms. The molecule has 3 rings (SSSR count). The zero-order valence-corrected chi connectivity index (χ0v) is 13.5. The van der Waals surface area contributed by atoms with Gasteiger partial charge in [0.1, 0.15) is 22.9 Å². The fraction of sp³-hybridized carbons (Fsp3) is 0.529. The summed E-state index contributed by atoms with van der Waals surface area (Å²) < 4.78 is 11.4. The van der Waals surface area contributed by atoms with Crippen molar-refractivity contribution in [3.63, 3.8) is 0 Å². The van der Waals surface area contributed by atoms with Crippen molar-refractivity contribution in [3.05, 3.63) is 29.8 Å². The highest BCUT2D eigenvalue weighted by Gasteiger charge is 2.57. The molecule has 1 spiro atoms. The lowest BCUT2D eigenvalue weighted by Gasteiger charge is -2.29. The Morgan fingerprint density at radius 1 is 1.35 bits per heavy atom. The Labute approximate surface area is 135 Å². The minimum atomic E-state index is -0.930. The molecule has 1 amide bonds. The van der Waals surface area contributed by atoms with Gasteiger partial charge < -0.3 is 19.5 Å². The summed E-state index contributed by atoms with van der Waals surface area (Å²) in [5.74, 6) is -1.11. The van der Waals surface area contributed by atoms with Gasteiger partial charge in [0.15, 0.2) is 0 Å². The molecule has 2 aliphatic heterocycles. The van der Waals surface area contributed by atoms with E-state index in [2.05, 4.69) is 0 Å². The van der Waals surface area contributed by atoms with E-state index in [1.54, 1.807) is 39.0 Å². The largest absolute Gasteiger partial charge is 0.484 e. The predicted molar refractivity (Wildman–Crippen MR) is 82.6 cm³/mol. The molecule has 1 aromatic rings. The van der Waals surface area contributed by atoms with Gasteiger partial charge in [-0.15, -0.1) is 0 Å². The topological polar surface area (TPSA) is 76.1 Å². The highest BCUT2D eigenvalue weighted by Crippen LogP contribution is 2.49. The van der Waals surface area contributed by atoms with E-state index in [1.165, 1.54) is 4.90 Å². The number of para-hydroxylation sites is 1. The third kappa shape index (κ3) is 2.73. The number of carboxylic acids is 1. The van der Waals surface area contributed by atoms with Crippen LogP contribution in [-0.4, -0.2) is 46.4 Å². The number of nitrogens with zero attached hydrogens (tertiary/aromatic N) is 1. The molecule has 0 bridgehead atoms. The van der Waals surface area contributed by atoms with E-state index < -0.39 is 29.2 Å². The molecule has 1 fully saturated rings. The van der Waals surface area contributed by atoms with Crippen molar-refractivity contribution < 1.29 is 24.2 Å². The minimum Gasteiger partial charge on any atom is -0.484 e. The van der Waals surface area contributed by atoms with Crippen LogP contribution in [0.5, 0.6) is 5.75 Å². The van der Waals surface area contributed by atoms with E-state index in [4.69, 9.17) is 9.47 Å². The predicted octanol–water partition coefficient (Wildman–Crippen LogP) is 2.63. The quantitative estimate of drug-likeness (QED) is 0.861. The molecule has 6 nitrogen and oxygen atoms in total. The Morgan fingerprint density at radius 2 is 2.04 bits per heavy atom. The minimum absolute atomic E-state index is 0.216. The van der Waals surface area contributed by atoms with Crippen molar-refractivity contribution in [1.29, 1.82) is 0 Å². The molecular formula is C17H21NO5. The lowest BCUT2D eigenvalue weighted by atomic mass is 9.83. The van der Waals surface area contributed by atoms with Crippen LogP contribution in [0.3, 0.4) is 0 Å². The van der Waals surface area contributed by atoms with Gasteiger partial charge in [0, 0.05) is 18.5 Å². The average molecular weight is 319 g/mol. The maximum absolute atomic E-state index is 12.3. The van der Waals surface area contributed by atoms with Crippen LogP contribution in [0, 0.1) is 0 Å². The highest BCUT2D eigenvalue weighted by atomic mass is 16.6. The van der Waals surface area contributed by atoms with Crippen molar-refractivity contribution in [2.45, 2.75) is 44.3 Å². The summed E-state index contributed by atoms with van der Waals surface area (Å²) in [5.41, 5.74) is -0.823. The average Bonchev–Trinajstić information content (AvgIpc) is 2.98. The number of ether oxygens (including phenoxy) is 2. The van der Waals surface area contributed by atoms with Crippen LogP contribution in [0.4, 0.5) is 4.79 Å². The van der Waals surface area contributed by atoms with Crippen LogP contribution >= 0.6 is 0 Å². The Bertz CT molecular complexity index is 651. The SMILES string of the molecule is CC(C)(C)OC(=O)N1CCC2(C1)Oc1ccccc1C2C(=O)O. The van der Waals surface area contributed by atoms with Crippen LogP contribution in [0.25, 0.3) is 0 Å². The fourth-order valence-corrected chi connectivity index (χ4v) is 3.34. The van der Waals surface area contributed by atoms with E-state index in [0.29, 0.717) is 24.3 Å². The Hall–Kier alpha value is -2.24. The van der Waals surface area contributed by atoms with Gasteiger partial charge >= 0.3 is 12.1 Å². The molecule has 0 radical (unpaired) electrons. The molecule has 2 heterocycles. The number of rotatable bonds is 1. The van der Waals surface area contributed by atoms with Crippen molar-refractivity contribution in [2.24, 2.45) is 0 Å². The maximum atomic E-state index is 12.3. The lowest BCUT2D eigenvalue weighted by molar-refractivity contribution is -0.142. The summed E-state index contributed by atoms with van der Waals surface area (Å²) in [5, 5.41) is 9.68. The van der Waals surface area contributed by atoms with Crippen LogP contribution in [0.15, 0.2) is 24.3 Å². The third-order valence-corrected chi connectivity index (χ3v) is 4.23. The van der Waals surface area contributed by atoms with Gasteiger partial charge in [0.2, 0.25) is 0 Å². The summed E-state index contributed by atoms with van der Waals surface area (Å²) in [7, 11) is 0. The zero-order chi connectivity index (χ0) is 16.8. The van der Waals surface area contributed by atoms with Gasteiger partial charge in [-0.25, -0.2) is 4.79 Å². The second-order valence-corrected chi connectivity index (χ2v) is 7.13. The van der Waals surface area contributed by atoms with E-state index in [0.717, 1.165) is 0 Å². The molecule has 1 N–H and O–H groups in total. The zero-order valence-electron chi connectivity index (χ0n) is 13.5. The molecule has 0 aromatic heterocycles. The summed E-state index contributed by atoms with van der Waals surface area (Å²) in [4.78, 5) is 25.6. The number of fused-ring (bicyclic) bond motifs is 1. The first-order chi connectivity index (χ1) is 10.7. The van der Waals surface area contributed by atoms with Crippen LogP contribution < -0.4 is 4.74 Å². The summed E-state index contributed by atoms with van der Waals surface area (Å²) in [6.07, 6.45) is 0.0378. The van der Waals surface area contributed by atoms with Crippen molar-refractivity contribution in [1.82, 2.24) is 4.90 Å². The molecule has 1 aromatic carbocycles. The van der Waals surface area contributed by atoms with E-state index in [9.17, 15) is 14.7 Å². The number of hydrogen-bond acceptors (Lipinski definition) is 4. The van der Waals surface area contributed by atoms with Crippen LogP contribution in [0.1, 0.15) is 38.7 Å². The summed E-state index contributed by atoms with van der Waals surface area (Å²) in [6.45, 7) is 6.05. The Balaban J connectivity index is 1.84. The van der Waals surface area contributed by atoms with Gasteiger partial charge in [0.05, 0.1) is 6.54 Å². The van der Waals surface area contributed by atoms with Gasteiger partial charge in [-0.3, -0.25) is 4.79 Å². The molecule has 6 heteroatoms. The summed E-state index contributed by atoms with van der Waals surface area (Å²) in [6, 6.07) is 7.17. The number of carbonyl (C=O) groups excluding carboxylic acids is 1. The first-order valence-corrected chi connectivity index (χ1v) is 7.70. The normalized spacial score (nSPS) is 26.0. The summed E-state index contributed by atoms with van der Waals surface area (Å²) >= 11 is 0. The van der Waals surface area contributed by atoms with E-state index in [1.807, 2.05) is 6.07 Å². The Morgan fingerprint density at radius 3 is 2.70 bits per heavy atom. The van der Waals surface area contributed by atoms with Gasteiger partial charge in [0.25, 0.3) is 0 Å². The maximum Gasteiger partial charge on any atom is 0.410 e. The molecular weight excluding hydrogens is 298 g/mol. The van der Waals surface area contributed by atoms with Crippen LogP contribution in [-0.2, 0) is 9.53 Å². The standard InChI is InChI=1S/C17H21NO5/c1-16(2,3)23-15(21)18-9-8-17(10-18)13(14(19)20)11-6-4-5-7-12(11)22-17/h4-7,13H,8-10H2,1-3H3,(H,19,20). The van der Waals surface area contributed by atoms with E-state index in [-0.39, 0.29) is 6.54 Å². The molecule has 0 saturated carbocycles. The molecule has 2 atom stereocenters. The van der Waals surface area contributed by atoms with Crippen molar-refractivity contribution in [3.8, 4) is 5.75 Å². The lowest BCUT2D eigenvalue weighted by Crippen LogP contribution is -2.45. The number of hydrogen-bond donors (Lipinski definition) is 1. The fourth-order valence-electron chi connectivity index (χ4n) is 3.34. The molecule has 124 valence electrons. The number of amides is 1. The molecule has 1 saturated heterocycles. The molecule has 0 aliphatic carbocycles. The number of benzene rings is 1. The number of carbonyl (C=O) groups is 2. The first kappa shape index (κ1) is 15.6. The van der Waals surface area contributed by atoms with E-state index >= 15 is 0 Å². The second kappa shape index (κ2) is 5.15. The molecule has 2 unspecified atom stereocenters. The van der Waals surface area contributed by atoms with Crippen molar-refractivity contribution >= 4 is 12.1 Å². The smallest absolute Gasteiger partial charge is 0.410 e. The number of carboxylic acid groups (broad SMARTS) is 1. The molecule has 2 aliphatic rings. The Kier molecular flexibility index (Phi) is 3.50. The van der Waals surface area contributed by atoms with Gasteiger partial charge in [-0.1, -0.05) is 18.2 Å². The second-order valence-electron chi connectivity index (χ2n) is 7.13. The van der Waals surface area contributed by atoms with Crippen molar-refractivity contribution in [2.75, 3.05) is 13.1 Å². The third-order valence-electron chi connectivity index (χ3n) is 4.23. The highest BCUT2D eigenvalue weighted by molar-refractivity contribution is 5.81. The number of aliphatic carboxylic acids is 1. The monoisotopic (exact) mass is 319 g/mol. The first-order valence-electron chi connectivity index (χ1n) is 7.70.